The third-order valence-corrected chi connectivity index (χ3v) is 8.36. The number of nitrogen functional groups attached to an aromatic ring is 2. The van der Waals surface area contributed by atoms with E-state index < -0.39 is 12.2 Å². The number of carbonyl (C=O) groups excluding carboxylic acids is 3. The third kappa shape index (κ3) is 5.84. The molecule has 0 unspecified atom stereocenters. The molecule has 0 bridgehead atoms. The van der Waals surface area contributed by atoms with E-state index in [4.69, 9.17) is 11.5 Å². The summed E-state index contributed by atoms with van der Waals surface area (Å²) in [5.41, 5.74) is 15.0. The first-order chi connectivity index (χ1) is 19.8. The molecule has 2 aliphatic rings. The van der Waals surface area contributed by atoms with Gasteiger partial charge in [0.2, 0.25) is 11.8 Å². The van der Waals surface area contributed by atoms with Crippen LogP contribution in [0, 0.1) is 0 Å². The van der Waals surface area contributed by atoms with Crippen LogP contribution in [-0.4, -0.2) is 81.0 Å². The highest BCUT2D eigenvalue weighted by Gasteiger charge is 2.52. The Labute approximate surface area is 243 Å². The Hall–Kier alpha value is -4.16. The lowest BCUT2D eigenvalue weighted by Gasteiger charge is -2.46. The molecule has 5 rings (SSSR count). The summed E-state index contributed by atoms with van der Waals surface area (Å²) < 4.78 is 0.947. The predicted molar refractivity (Wildman–Crippen MR) is 160 cm³/mol. The fourth-order valence-electron chi connectivity index (χ4n) is 5.51. The highest BCUT2D eigenvalue weighted by molar-refractivity contribution is 7.22. The van der Waals surface area contributed by atoms with Crippen LogP contribution in [0.4, 0.5) is 15.6 Å². The molecule has 2 aliphatic heterocycles. The summed E-state index contributed by atoms with van der Waals surface area (Å²) in [6.45, 7) is 7.15. The second-order valence-corrected chi connectivity index (χ2v) is 11.4. The molecule has 3 aromatic rings. The number of amides is 4. The lowest BCUT2D eigenvalue weighted by Crippen LogP contribution is -2.66. The first-order valence-corrected chi connectivity index (χ1v) is 14.6. The topological polar surface area (TPSA) is 141 Å². The number of fused-ring (bicyclic) bond motifs is 2. The maximum absolute atomic E-state index is 14.1. The highest BCUT2D eigenvalue weighted by Crippen LogP contribution is 2.32. The zero-order valence-electron chi connectivity index (χ0n) is 23.2. The van der Waals surface area contributed by atoms with Gasteiger partial charge in [0.05, 0.1) is 29.9 Å². The number of unbranched alkanes of at least 4 members (excludes halogenated alkanes) is 1. The summed E-state index contributed by atoms with van der Waals surface area (Å²) in [6.07, 6.45) is 3.22. The van der Waals surface area contributed by atoms with Gasteiger partial charge in [0.15, 0.2) is 5.13 Å². The van der Waals surface area contributed by atoms with Gasteiger partial charge in [0.1, 0.15) is 12.2 Å². The van der Waals surface area contributed by atoms with Gasteiger partial charge in [-0.05, 0) is 35.7 Å². The van der Waals surface area contributed by atoms with Gasteiger partial charge in [0.25, 0.3) is 0 Å². The van der Waals surface area contributed by atoms with Gasteiger partial charge in [-0.15, -0.1) is 6.58 Å². The highest BCUT2D eigenvalue weighted by atomic mass is 32.1. The number of thiazole rings is 1. The van der Waals surface area contributed by atoms with Crippen LogP contribution >= 0.6 is 11.3 Å². The number of benzene rings is 2. The van der Waals surface area contributed by atoms with E-state index in [1.165, 1.54) is 16.3 Å². The number of nitrogens with one attached hydrogen (secondary N) is 1. The SMILES string of the molecule is C=CCN(C(=O)NCCCC)N1CC(=O)N2[C@@H](Cc3ccc(N)cc3)C(=O)N(Cc3cccc4sc(N)nc34)C[C@@H]21. The van der Waals surface area contributed by atoms with Crippen LogP contribution < -0.4 is 16.8 Å². The molecule has 12 heteroatoms. The van der Waals surface area contributed by atoms with Crippen molar-refractivity contribution in [3.63, 3.8) is 0 Å². The Kier molecular flexibility index (Phi) is 8.41. The van der Waals surface area contributed by atoms with E-state index in [2.05, 4.69) is 23.8 Å². The smallest absolute Gasteiger partial charge is 0.332 e. The van der Waals surface area contributed by atoms with Crippen molar-refractivity contribution in [2.75, 3.05) is 37.6 Å². The van der Waals surface area contributed by atoms with E-state index >= 15 is 0 Å². The van der Waals surface area contributed by atoms with Crippen LogP contribution in [0.5, 0.6) is 0 Å². The summed E-state index contributed by atoms with van der Waals surface area (Å²) in [6, 6.07) is 12.1. The van der Waals surface area contributed by atoms with Crippen molar-refractivity contribution in [1.29, 1.82) is 0 Å². The monoisotopic (exact) mass is 576 g/mol. The zero-order chi connectivity index (χ0) is 29.1. The molecule has 4 amide bonds. The van der Waals surface area contributed by atoms with Gasteiger partial charge in [-0.1, -0.05) is 55.0 Å². The van der Waals surface area contributed by atoms with E-state index in [0.29, 0.717) is 30.3 Å². The number of hydrogen-bond donors (Lipinski definition) is 3. The molecule has 2 saturated heterocycles. The van der Waals surface area contributed by atoms with Gasteiger partial charge in [-0.2, -0.15) is 5.01 Å². The van der Waals surface area contributed by atoms with Crippen molar-refractivity contribution in [3.05, 3.63) is 66.2 Å². The third-order valence-electron chi connectivity index (χ3n) is 7.51. The van der Waals surface area contributed by atoms with Crippen molar-refractivity contribution in [3.8, 4) is 0 Å². The minimum absolute atomic E-state index is 0.0166. The van der Waals surface area contributed by atoms with Crippen molar-refractivity contribution in [2.45, 2.75) is 44.9 Å². The second-order valence-electron chi connectivity index (χ2n) is 10.3. The lowest BCUT2D eigenvalue weighted by molar-refractivity contribution is -0.157. The quantitative estimate of drug-likeness (QED) is 0.191. The number of aromatic nitrogens is 1. The Morgan fingerprint density at radius 1 is 1.22 bits per heavy atom. The number of nitrogens with zero attached hydrogens (tertiary/aromatic N) is 5. The predicted octanol–water partition coefficient (Wildman–Crippen LogP) is 2.80. The first-order valence-electron chi connectivity index (χ1n) is 13.8. The second kappa shape index (κ2) is 12.1. The van der Waals surface area contributed by atoms with E-state index in [-0.39, 0.29) is 37.5 Å². The van der Waals surface area contributed by atoms with Gasteiger partial charge in [0, 0.05) is 25.2 Å². The molecule has 0 saturated carbocycles. The molecule has 41 heavy (non-hydrogen) atoms. The Morgan fingerprint density at radius 2 is 2.00 bits per heavy atom. The number of anilines is 2. The van der Waals surface area contributed by atoms with Crippen LogP contribution in [-0.2, 0) is 22.6 Å². The van der Waals surface area contributed by atoms with E-state index in [9.17, 15) is 14.4 Å². The molecule has 2 aromatic carbocycles. The van der Waals surface area contributed by atoms with Crippen LogP contribution in [0.2, 0.25) is 0 Å². The Morgan fingerprint density at radius 3 is 2.73 bits per heavy atom. The first kappa shape index (κ1) is 28.4. The minimum atomic E-state index is -0.747. The fraction of sp³-hybridized carbons (Fsp3) is 0.379. The van der Waals surface area contributed by atoms with E-state index in [0.717, 1.165) is 34.2 Å². The van der Waals surface area contributed by atoms with Crippen LogP contribution in [0.3, 0.4) is 0 Å². The largest absolute Gasteiger partial charge is 0.399 e. The number of piperazine rings is 1. The number of hydrogen-bond acceptors (Lipinski definition) is 8. The number of para-hydroxylation sites is 1. The Balaban J connectivity index is 1.49. The minimum Gasteiger partial charge on any atom is -0.399 e. The maximum atomic E-state index is 14.1. The van der Waals surface area contributed by atoms with E-state index in [1.807, 2.05) is 30.3 Å². The van der Waals surface area contributed by atoms with Crippen LogP contribution in [0.15, 0.2) is 55.1 Å². The summed E-state index contributed by atoms with van der Waals surface area (Å²) in [5.74, 6) is -0.357. The van der Waals surface area contributed by atoms with Crippen molar-refractivity contribution < 1.29 is 14.4 Å². The number of hydrazine groups is 1. The molecule has 0 aliphatic carbocycles. The average Bonchev–Trinajstić information content (AvgIpc) is 3.49. The van der Waals surface area contributed by atoms with Crippen LogP contribution in [0.1, 0.15) is 30.9 Å². The molecule has 5 N–H and O–H groups in total. The summed E-state index contributed by atoms with van der Waals surface area (Å²) in [7, 11) is 0. The normalized spacial score (nSPS) is 19.0. The molecule has 1 aromatic heterocycles. The number of carbonyl (C=O) groups is 3. The molecular formula is C29H36N8O3S. The molecule has 2 fully saturated rings. The van der Waals surface area contributed by atoms with Crippen molar-refractivity contribution in [1.82, 2.24) is 30.1 Å². The summed E-state index contributed by atoms with van der Waals surface area (Å²) in [5, 5.41) is 6.71. The molecule has 3 heterocycles. The standard InChI is InChI=1S/C29H36N8O3S/c1-3-5-13-32-29(40)35(14-4-2)36-18-25(38)37-22(15-19-9-11-21(30)12-10-19)27(39)34(17-24(36)37)16-20-7-6-8-23-26(20)33-28(31)41-23/h4,6-12,22,24H,2-3,5,13-18,30H2,1H3,(H2,31,33)(H,32,40)/t22-,24+/m0/s1. The van der Waals surface area contributed by atoms with Crippen molar-refractivity contribution in [2.24, 2.45) is 0 Å². The molecule has 216 valence electrons. The van der Waals surface area contributed by atoms with Crippen molar-refractivity contribution >= 4 is 50.2 Å². The van der Waals surface area contributed by atoms with E-state index in [1.54, 1.807) is 33.0 Å². The molecular weight excluding hydrogens is 540 g/mol. The van der Waals surface area contributed by atoms with Gasteiger partial charge >= 0.3 is 6.03 Å². The van der Waals surface area contributed by atoms with Gasteiger partial charge in [-0.3, -0.25) is 14.6 Å². The molecule has 0 spiro atoms. The molecule has 2 atom stereocenters. The molecule has 11 nitrogen and oxygen atoms in total. The van der Waals surface area contributed by atoms with Gasteiger partial charge in [-0.25, -0.2) is 9.78 Å². The Bertz CT molecular complexity index is 1440. The summed E-state index contributed by atoms with van der Waals surface area (Å²) >= 11 is 1.40. The summed E-state index contributed by atoms with van der Waals surface area (Å²) in [4.78, 5) is 48.8. The number of rotatable bonds is 10. The number of nitrogens with two attached hydrogens (primary N) is 2. The lowest BCUT2D eigenvalue weighted by atomic mass is 9.99. The van der Waals surface area contributed by atoms with Gasteiger partial charge < -0.3 is 26.6 Å². The molecule has 0 radical (unpaired) electrons. The van der Waals surface area contributed by atoms with Crippen LogP contribution in [0.25, 0.3) is 10.2 Å². The number of urea groups is 1. The average molecular weight is 577 g/mol. The maximum Gasteiger partial charge on any atom is 0.332 e. The fourth-order valence-corrected chi connectivity index (χ4v) is 6.30. The zero-order valence-corrected chi connectivity index (χ0v) is 24.0.